The van der Waals surface area contributed by atoms with Crippen molar-refractivity contribution >= 4 is 0 Å². The van der Waals surface area contributed by atoms with Crippen LogP contribution in [0.3, 0.4) is 0 Å². The molecular weight excluding hydrogens is 206 g/mol. The van der Waals surface area contributed by atoms with Crippen LogP contribution in [0.1, 0.15) is 31.9 Å². The highest BCUT2D eigenvalue weighted by Gasteiger charge is 2.14. The van der Waals surface area contributed by atoms with E-state index in [0.717, 1.165) is 6.42 Å². The van der Waals surface area contributed by atoms with Gasteiger partial charge in [0.15, 0.2) is 0 Å². The number of hydrogen-bond donors (Lipinski definition) is 4. The molecule has 4 heteroatoms. The molecule has 0 amide bonds. The number of nitrogens with one attached hydrogen (secondary N) is 1. The summed E-state index contributed by atoms with van der Waals surface area (Å²) in [5.41, 5.74) is 0.631. The average Bonchev–Trinajstić information content (AvgIpc) is 2.28. The fourth-order valence-electron chi connectivity index (χ4n) is 1.63. The van der Waals surface area contributed by atoms with Gasteiger partial charge >= 0.3 is 0 Å². The van der Waals surface area contributed by atoms with Gasteiger partial charge in [-0.1, -0.05) is 6.92 Å². The van der Waals surface area contributed by atoms with E-state index in [-0.39, 0.29) is 30.2 Å². The Morgan fingerprint density at radius 2 is 2.00 bits per heavy atom. The molecule has 2 atom stereocenters. The van der Waals surface area contributed by atoms with Crippen molar-refractivity contribution in [2.75, 3.05) is 6.61 Å². The normalized spacial score (nSPS) is 14.7. The summed E-state index contributed by atoms with van der Waals surface area (Å²) in [6.45, 7) is 3.91. The predicted molar refractivity (Wildman–Crippen MR) is 62.5 cm³/mol. The lowest BCUT2D eigenvalue weighted by Gasteiger charge is -2.21. The van der Waals surface area contributed by atoms with Crippen molar-refractivity contribution in [2.45, 2.75) is 32.4 Å². The molecule has 0 bridgehead atoms. The molecule has 0 aliphatic carbocycles. The molecule has 0 heterocycles. The molecule has 1 rings (SSSR count). The van der Waals surface area contributed by atoms with Gasteiger partial charge in [-0.2, -0.15) is 0 Å². The van der Waals surface area contributed by atoms with Crippen LogP contribution in [-0.2, 0) is 0 Å². The summed E-state index contributed by atoms with van der Waals surface area (Å²) in [5.74, 6) is 0.268. The third-order valence-electron chi connectivity index (χ3n) is 2.68. The standard InChI is InChI=1S/C12H19NO3/c1-3-9(7-14)13-8(2)11-6-10(15)4-5-12(11)16/h4-6,8-9,13-16H,3,7H2,1-2H3/t8?,9-/m1/s1. The van der Waals surface area contributed by atoms with Crippen molar-refractivity contribution in [2.24, 2.45) is 0 Å². The molecule has 1 aromatic carbocycles. The molecule has 1 aromatic rings. The lowest BCUT2D eigenvalue weighted by atomic mass is 10.1. The topological polar surface area (TPSA) is 72.7 Å². The molecule has 0 spiro atoms. The fourth-order valence-corrected chi connectivity index (χ4v) is 1.63. The maximum absolute atomic E-state index is 9.65. The van der Waals surface area contributed by atoms with Gasteiger partial charge in [0.1, 0.15) is 11.5 Å². The van der Waals surface area contributed by atoms with E-state index in [9.17, 15) is 10.2 Å². The summed E-state index contributed by atoms with van der Waals surface area (Å²) in [4.78, 5) is 0. The predicted octanol–water partition coefficient (Wildman–Crippen LogP) is 1.52. The zero-order valence-corrected chi connectivity index (χ0v) is 9.64. The first-order valence-electron chi connectivity index (χ1n) is 5.47. The van der Waals surface area contributed by atoms with E-state index in [2.05, 4.69) is 5.32 Å². The third-order valence-corrected chi connectivity index (χ3v) is 2.68. The molecule has 0 radical (unpaired) electrons. The van der Waals surface area contributed by atoms with Crippen LogP contribution < -0.4 is 5.32 Å². The summed E-state index contributed by atoms with van der Waals surface area (Å²) in [6.07, 6.45) is 0.806. The Hall–Kier alpha value is -1.26. The van der Waals surface area contributed by atoms with Crippen molar-refractivity contribution in [1.29, 1.82) is 0 Å². The highest BCUT2D eigenvalue weighted by Crippen LogP contribution is 2.27. The van der Waals surface area contributed by atoms with Crippen molar-refractivity contribution in [3.8, 4) is 11.5 Å². The van der Waals surface area contributed by atoms with Crippen LogP contribution in [0.15, 0.2) is 18.2 Å². The van der Waals surface area contributed by atoms with Crippen LogP contribution in [0.5, 0.6) is 11.5 Å². The Morgan fingerprint density at radius 3 is 2.56 bits per heavy atom. The minimum absolute atomic E-state index is 0.00301. The van der Waals surface area contributed by atoms with Gasteiger partial charge in [-0.25, -0.2) is 0 Å². The summed E-state index contributed by atoms with van der Waals surface area (Å²) in [5, 5.41) is 31.2. The first kappa shape index (κ1) is 12.8. The average molecular weight is 225 g/mol. The van der Waals surface area contributed by atoms with Crippen LogP contribution in [-0.4, -0.2) is 28.0 Å². The summed E-state index contributed by atoms with van der Waals surface area (Å²) in [7, 11) is 0. The number of phenols is 2. The van der Waals surface area contributed by atoms with E-state index in [1.165, 1.54) is 18.2 Å². The van der Waals surface area contributed by atoms with E-state index in [0.29, 0.717) is 5.56 Å². The monoisotopic (exact) mass is 225 g/mol. The SMILES string of the molecule is CC[C@H](CO)NC(C)c1cc(O)ccc1O. The van der Waals surface area contributed by atoms with Gasteiger partial charge in [0.05, 0.1) is 6.61 Å². The number of aromatic hydroxyl groups is 2. The maximum Gasteiger partial charge on any atom is 0.120 e. The quantitative estimate of drug-likeness (QED) is 0.573. The molecule has 0 saturated carbocycles. The number of aliphatic hydroxyl groups is 1. The molecule has 1 unspecified atom stereocenters. The van der Waals surface area contributed by atoms with E-state index >= 15 is 0 Å². The molecule has 0 fully saturated rings. The minimum atomic E-state index is -0.121. The van der Waals surface area contributed by atoms with Gasteiger partial charge < -0.3 is 20.6 Å². The molecule has 0 aromatic heterocycles. The lowest BCUT2D eigenvalue weighted by molar-refractivity contribution is 0.229. The largest absolute Gasteiger partial charge is 0.508 e. The number of aliphatic hydroxyl groups excluding tert-OH is 1. The van der Waals surface area contributed by atoms with Gasteiger partial charge in [0, 0.05) is 17.6 Å². The lowest BCUT2D eigenvalue weighted by Crippen LogP contribution is -2.33. The number of hydrogen-bond acceptors (Lipinski definition) is 4. The molecule has 0 saturated heterocycles. The van der Waals surface area contributed by atoms with E-state index in [1.54, 1.807) is 0 Å². The van der Waals surface area contributed by atoms with Crippen molar-refractivity contribution in [1.82, 2.24) is 5.32 Å². The number of phenolic OH excluding ortho intramolecular Hbond substituents is 2. The van der Waals surface area contributed by atoms with Gasteiger partial charge in [0.25, 0.3) is 0 Å². The zero-order valence-electron chi connectivity index (χ0n) is 9.64. The second-order valence-electron chi connectivity index (χ2n) is 3.92. The van der Waals surface area contributed by atoms with E-state index in [1.807, 2.05) is 13.8 Å². The van der Waals surface area contributed by atoms with Gasteiger partial charge in [0.2, 0.25) is 0 Å². The van der Waals surface area contributed by atoms with Gasteiger partial charge in [-0.05, 0) is 31.5 Å². The van der Waals surface area contributed by atoms with Crippen LogP contribution in [0.4, 0.5) is 0 Å². The number of rotatable bonds is 5. The molecule has 0 aliphatic heterocycles. The molecule has 4 nitrogen and oxygen atoms in total. The molecule has 16 heavy (non-hydrogen) atoms. The Bertz CT molecular complexity index is 337. The van der Waals surface area contributed by atoms with E-state index in [4.69, 9.17) is 5.11 Å². The Kier molecular flexibility index (Phi) is 4.58. The number of benzene rings is 1. The second kappa shape index (κ2) is 5.72. The first-order valence-corrected chi connectivity index (χ1v) is 5.47. The van der Waals surface area contributed by atoms with Crippen molar-refractivity contribution < 1.29 is 15.3 Å². The Balaban J connectivity index is 2.79. The summed E-state index contributed by atoms with van der Waals surface area (Å²) < 4.78 is 0. The summed E-state index contributed by atoms with van der Waals surface area (Å²) in [6, 6.07) is 4.30. The third kappa shape index (κ3) is 3.12. The van der Waals surface area contributed by atoms with E-state index < -0.39 is 0 Å². The molecule has 4 N–H and O–H groups in total. The summed E-state index contributed by atoms with van der Waals surface area (Å²) >= 11 is 0. The van der Waals surface area contributed by atoms with Gasteiger partial charge in [-0.15, -0.1) is 0 Å². The second-order valence-corrected chi connectivity index (χ2v) is 3.92. The smallest absolute Gasteiger partial charge is 0.120 e. The first-order chi connectivity index (χ1) is 7.58. The molecule has 90 valence electrons. The highest BCUT2D eigenvalue weighted by molar-refractivity contribution is 5.40. The zero-order chi connectivity index (χ0) is 12.1. The Morgan fingerprint density at radius 1 is 1.31 bits per heavy atom. The fraction of sp³-hybridized carbons (Fsp3) is 0.500. The van der Waals surface area contributed by atoms with Crippen LogP contribution in [0.2, 0.25) is 0 Å². The molecule has 0 aliphatic rings. The van der Waals surface area contributed by atoms with Gasteiger partial charge in [-0.3, -0.25) is 0 Å². The van der Waals surface area contributed by atoms with Crippen molar-refractivity contribution in [3.63, 3.8) is 0 Å². The van der Waals surface area contributed by atoms with Crippen LogP contribution >= 0.6 is 0 Å². The highest BCUT2D eigenvalue weighted by atomic mass is 16.3. The van der Waals surface area contributed by atoms with Crippen molar-refractivity contribution in [3.05, 3.63) is 23.8 Å². The van der Waals surface area contributed by atoms with Crippen LogP contribution in [0.25, 0.3) is 0 Å². The Labute approximate surface area is 95.6 Å². The minimum Gasteiger partial charge on any atom is -0.508 e. The van der Waals surface area contributed by atoms with Crippen LogP contribution in [0, 0.1) is 0 Å². The molecular formula is C12H19NO3. The maximum atomic E-state index is 9.65.